The summed E-state index contributed by atoms with van der Waals surface area (Å²) in [4.78, 5) is 9.79. The van der Waals surface area contributed by atoms with Crippen molar-refractivity contribution in [3.05, 3.63) is 18.4 Å². The number of nitrogens with zero attached hydrogens (tertiary/aromatic N) is 1. The van der Waals surface area contributed by atoms with Gasteiger partial charge in [0.2, 0.25) is 0 Å². The summed E-state index contributed by atoms with van der Waals surface area (Å²) in [5.41, 5.74) is 0. The summed E-state index contributed by atoms with van der Waals surface area (Å²) >= 11 is 0. The van der Waals surface area contributed by atoms with Gasteiger partial charge in [0.15, 0.2) is 12.0 Å². The van der Waals surface area contributed by atoms with E-state index in [9.17, 15) is 4.79 Å². The lowest BCUT2D eigenvalue weighted by Crippen LogP contribution is -1.91. The molecule has 0 aromatic heterocycles. The number of hydrogen-bond acceptors (Lipinski definition) is 3. The average Bonchev–Trinajstić information content (AvgIpc) is 1.99. The third-order valence-electron chi connectivity index (χ3n) is 0.763. The predicted molar refractivity (Wildman–Crippen MR) is 35.6 cm³/mol. The highest BCUT2D eigenvalue weighted by atomic mass is 16.5. The summed E-state index contributed by atoms with van der Waals surface area (Å²) in [6.45, 7) is 3.75. The fourth-order valence-electron chi connectivity index (χ4n) is 0.329. The zero-order valence-electron chi connectivity index (χ0n) is 5.46. The van der Waals surface area contributed by atoms with E-state index < -0.39 is 0 Å². The summed E-state index contributed by atoms with van der Waals surface area (Å²) in [5.74, 6) is 1.06. The molecule has 0 unspecified atom stereocenters. The zero-order chi connectivity index (χ0) is 7.82. The molecule has 0 spiro atoms. The highest BCUT2D eigenvalue weighted by Crippen LogP contribution is 1.90. The molecule has 52 valence electrons. The van der Waals surface area contributed by atoms with Crippen LogP contribution in [0, 0.1) is 11.3 Å². The molecule has 0 aliphatic heterocycles. The molecule has 0 heterocycles. The molecule has 0 aliphatic carbocycles. The van der Waals surface area contributed by atoms with Gasteiger partial charge in [-0.15, -0.1) is 6.58 Å². The molecule has 0 radical (unpaired) electrons. The van der Waals surface area contributed by atoms with Crippen LogP contribution in [0.25, 0.3) is 0 Å². The van der Waals surface area contributed by atoms with Gasteiger partial charge in [0.1, 0.15) is 0 Å². The van der Waals surface area contributed by atoms with E-state index in [0.29, 0.717) is 13.0 Å². The van der Waals surface area contributed by atoms with Crippen molar-refractivity contribution in [3.8, 4) is 6.07 Å². The first-order valence-electron chi connectivity index (χ1n) is 2.74. The fraction of sp³-hybridized carbons (Fsp3) is 0.286. The van der Waals surface area contributed by atoms with Gasteiger partial charge in [-0.1, -0.05) is 6.08 Å². The minimum Gasteiger partial charge on any atom is -0.475 e. The molecule has 3 heteroatoms. The summed E-state index contributed by atoms with van der Waals surface area (Å²) in [6.07, 6.45) is 2.26. The second-order valence-electron chi connectivity index (χ2n) is 1.47. The number of nitriles is 1. The van der Waals surface area contributed by atoms with Gasteiger partial charge in [-0.05, 0) is 6.42 Å². The molecular weight excluding hydrogens is 130 g/mol. The third-order valence-corrected chi connectivity index (χ3v) is 0.763. The van der Waals surface area contributed by atoms with Crippen LogP contribution >= 0.6 is 0 Å². The van der Waals surface area contributed by atoms with Gasteiger partial charge < -0.3 is 4.74 Å². The number of allylic oxidation sites excluding steroid dienone is 1. The second kappa shape index (κ2) is 5.61. The van der Waals surface area contributed by atoms with Gasteiger partial charge >= 0.3 is 0 Å². The molecule has 0 N–H and O–H groups in total. The molecule has 0 aliphatic rings. The van der Waals surface area contributed by atoms with Gasteiger partial charge in [-0.3, -0.25) is 0 Å². The minimum atomic E-state index is -0.304. The summed E-state index contributed by atoms with van der Waals surface area (Å²) in [5, 5.41) is 8.12. The van der Waals surface area contributed by atoms with E-state index in [4.69, 9.17) is 5.26 Å². The molecule has 3 nitrogen and oxygen atoms in total. The van der Waals surface area contributed by atoms with Gasteiger partial charge in [0.25, 0.3) is 5.76 Å². The van der Waals surface area contributed by atoms with Crippen molar-refractivity contribution in [3.63, 3.8) is 0 Å². The molecule has 0 saturated carbocycles. The predicted octanol–water partition coefficient (Wildman–Crippen LogP) is 0.818. The van der Waals surface area contributed by atoms with Crippen LogP contribution in [-0.4, -0.2) is 12.5 Å². The molecule has 0 atom stereocenters. The SMILES string of the molecule is C=CCCOC(=C=O)C#N. The van der Waals surface area contributed by atoms with E-state index in [1.165, 1.54) is 5.94 Å². The smallest absolute Gasteiger partial charge is 0.283 e. The maximum Gasteiger partial charge on any atom is 0.283 e. The zero-order valence-corrected chi connectivity index (χ0v) is 5.46. The monoisotopic (exact) mass is 137 g/mol. The Balaban J connectivity index is 3.59. The van der Waals surface area contributed by atoms with Crippen molar-refractivity contribution in [2.24, 2.45) is 0 Å². The van der Waals surface area contributed by atoms with Crippen LogP contribution in [0.3, 0.4) is 0 Å². The average molecular weight is 137 g/mol. The first-order valence-corrected chi connectivity index (χ1v) is 2.74. The maximum atomic E-state index is 9.79. The van der Waals surface area contributed by atoms with E-state index in [-0.39, 0.29) is 5.76 Å². The lowest BCUT2D eigenvalue weighted by molar-refractivity contribution is 0.236. The van der Waals surface area contributed by atoms with Gasteiger partial charge in [-0.2, -0.15) is 5.26 Å². The Labute approximate surface area is 59.2 Å². The Morgan fingerprint density at radius 1 is 1.80 bits per heavy atom. The third kappa shape index (κ3) is 3.48. The Hall–Kier alpha value is -1.52. The molecule has 0 amide bonds. The quantitative estimate of drug-likeness (QED) is 0.189. The molecule has 0 aromatic carbocycles. The standard InChI is InChI=1S/C7H7NO2/c1-2-3-4-10-7(5-8)6-9/h2H,1,3-4H2. The Morgan fingerprint density at radius 2 is 2.50 bits per heavy atom. The Morgan fingerprint density at radius 3 is 2.90 bits per heavy atom. The fourth-order valence-corrected chi connectivity index (χ4v) is 0.329. The summed E-state index contributed by atoms with van der Waals surface area (Å²) in [6, 6.07) is 1.55. The number of carbonyl (C=O) groups excluding carboxylic acids is 1. The van der Waals surface area contributed by atoms with E-state index in [0.717, 1.165) is 0 Å². The Bertz CT molecular complexity index is 196. The molecule has 0 aromatic rings. The molecular formula is C7H7NO2. The number of hydrogen-bond donors (Lipinski definition) is 0. The lowest BCUT2D eigenvalue weighted by Gasteiger charge is -1.95. The highest BCUT2D eigenvalue weighted by molar-refractivity contribution is 5.55. The van der Waals surface area contributed by atoms with Crippen LogP contribution < -0.4 is 0 Å². The van der Waals surface area contributed by atoms with Crippen molar-refractivity contribution in [2.45, 2.75) is 6.42 Å². The van der Waals surface area contributed by atoms with Crippen molar-refractivity contribution >= 4 is 5.94 Å². The van der Waals surface area contributed by atoms with Crippen molar-refractivity contribution in [2.75, 3.05) is 6.61 Å². The van der Waals surface area contributed by atoms with Crippen LogP contribution in [0.5, 0.6) is 0 Å². The van der Waals surface area contributed by atoms with Crippen LogP contribution in [0.4, 0.5) is 0 Å². The van der Waals surface area contributed by atoms with Gasteiger partial charge in [-0.25, -0.2) is 4.79 Å². The first kappa shape index (κ1) is 8.48. The first-order chi connectivity index (χ1) is 4.85. The molecule has 0 fully saturated rings. The van der Waals surface area contributed by atoms with E-state index in [2.05, 4.69) is 11.3 Å². The topological polar surface area (TPSA) is 50.1 Å². The molecule has 10 heavy (non-hydrogen) atoms. The van der Waals surface area contributed by atoms with Crippen molar-refractivity contribution < 1.29 is 9.53 Å². The van der Waals surface area contributed by atoms with E-state index in [1.54, 1.807) is 12.1 Å². The molecule has 0 rings (SSSR count). The summed E-state index contributed by atoms with van der Waals surface area (Å²) in [7, 11) is 0. The molecule has 0 saturated heterocycles. The Kier molecular flexibility index (Phi) is 4.76. The molecule has 0 bridgehead atoms. The van der Waals surface area contributed by atoms with Crippen molar-refractivity contribution in [1.82, 2.24) is 0 Å². The number of rotatable bonds is 4. The second-order valence-corrected chi connectivity index (χ2v) is 1.47. The largest absolute Gasteiger partial charge is 0.475 e. The lowest BCUT2D eigenvalue weighted by atomic mass is 10.4. The minimum absolute atomic E-state index is 0.304. The summed E-state index contributed by atoms with van der Waals surface area (Å²) < 4.78 is 4.64. The van der Waals surface area contributed by atoms with E-state index >= 15 is 0 Å². The normalized spacial score (nSPS) is 7.10. The van der Waals surface area contributed by atoms with Crippen molar-refractivity contribution in [1.29, 1.82) is 5.26 Å². The van der Waals surface area contributed by atoms with Crippen LogP contribution in [-0.2, 0) is 9.53 Å². The van der Waals surface area contributed by atoms with Crippen LogP contribution in [0.1, 0.15) is 6.42 Å². The van der Waals surface area contributed by atoms with Crippen LogP contribution in [0.15, 0.2) is 18.4 Å². The maximum absolute atomic E-state index is 9.79. The van der Waals surface area contributed by atoms with E-state index in [1.807, 2.05) is 0 Å². The number of ether oxygens (including phenoxy) is 1. The van der Waals surface area contributed by atoms with Crippen LogP contribution in [0.2, 0.25) is 0 Å². The van der Waals surface area contributed by atoms with Gasteiger partial charge in [0, 0.05) is 0 Å². The van der Waals surface area contributed by atoms with Gasteiger partial charge in [0.05, 0.1) is 6.61 Å². The highest BCUT2D eigenvalue weighted by Gasteiger charge is 1.92.